The lowest BCUT2D eigenvalue weighted by molar-refractivity contribution is 0.304. The first-order valence-corrected chi connectivity index (χ1v) is 7.37. The molecule has 0 spiro atoms. The van der Waals surface area contributed by atoms with Crippen LogP contribution >= 0.6 is 0 Å². The Balaban J connectivity index is 2.02. The van der Waals surface area contributed by atoms with Gasteiger partial charge in [0.05, 0.1) is 25.7 Å². The number of benzene rings is 2. The van der Waals surface area contributed by atoms with Crippen molar-refractivity contribution in [1.82, 2.24) is 0 Å². The molecule has 2 aromatic rings. The summed E-state index contributed by atoms with van der Waals surface area (Å²) < 4.78 is 11.1. The smallest absolute Gasteiger partial charge is 0.123 e. The van der Waals surface area contributed by atoms with E-state index in [1.807, 2.05) is 56.3 Å². The molecule has 2 rings (SSSR count). The van der Waals surface area contributed by atoms with Crippen molar-refractivity contribution in [1.29, 1.82) is 5.26 Å². The Morgan fingerprint density at radius 1 is 1.05 bits per heavy atom. The minimum Gasteiger partial charge on any atom is -0.496 e. The molecule has 0 aromatic heterocycles. The topological polar surface area (TPSA) is 42.2 Å². The predicted octanol–water partition coefficient (Wildman–Crippen LogP) is 4.39. The first-order valence-electron chi connectivity index (χ1n) is 7.37. The van der Waals surface area contributed by atoms with Gasteiger partial charge < -0.3 is 9.47 Å². The molecule has 0 radical (unpaired) electrons. The van der Waals surface area contributed by atoms with Crippen LogP contribution in [0.1, 0.15) is 29.0 Å². The minimum absolute atomic E-state index is 0.236. The summed E-state index contributed by atoms with van der Waals surface area (Å²) in [6.45, 7) is 4.55. The van der Waals surface area contributed by atoms with Crippen LogP contribution in [0, 0.1) is 25.2 Å². The van der Waals surface area contributed by atoms with E-state index < -0.39 is 0 Å². The highest BCUT2D eigenvalue weighted by Gasteiger charge is 2.16. The lowest BCUT2D eigenvalue weighted by Crippen LogP contribution is -2.06. The molecule has 22 heavy (non-hydrogen) atoms. The minimum atomic E-state index is -0.236. The zero-order valence-electron chi connectivity index (χ0n) is 13.3. The van der Waals surface area contributed by atoms with Gasteiger partial charge in [0, 0.05) is 12.0 Å². The lowest BCUT2D eigenvalue weighted by atomic mass is 9.95. The number of aryl methyl sites for hydroxylation is 2. The van der Waals surface area contributed by atoms with E-state index in [-0.39, 0.29) is 5.92 Å². The van der Waals surface area contributed by atoms with Crippen LogP contribution in [0.2, 0.25) is 0 Å². The number of ether oxygens (including phenoxy) is 2. The molecule has 3 heteroatoms. The van der Waals surface area contributed by atoms with E-state index >= 15 is 0 Å². The van der Waals surface area contributed by atoms with Crippen molar-refractivity contribution in [3.05, 3.63) is 59.2 Å². The van der Waals surface area contributed by atoms with Gasteiger partial charge in [0.1, 0.15) is 11.5 Å². The fraction of sp³-hybridized carbons (Fsp3) is 0.316. The van der Waals surface area contributed by atoms with Gasteiger partial charge in [-0.1, -0.05) is 35.4 Å². The van der Waals surface area contributed by atoms with Gasteiger partial charge in [-0.25, -0.2) is 0 Å². The monoisotopic (exact) mass is 295 g/mol. The molecular formula is C19H21NO2. The number of methoxy groups -OCH3 is 1. The second-order valence-corrected chi connectivity index (χ2v) is 5.38. The molecule has 1 unspecified atom stereocenters. The van der Waals surface area contributed by atoms with Gasteiger partial charge in [-0.05, 0) is 32.0 Å². The fourth-order valence-electron chi connectivity index (χ4n) is 2.34. The van der Waals surface area contributed by atoms with Crippen molar-refractivity contribution in [2.24, 2.45) is 0 Å². The van der Waals surface area contributed by atoms with Crippen molar-refractivity contribution >= 4 is 0 Å². The summed E-state index contributed by atoms with van der Waals surface area (Å²) in [4.78, 5) is 0. The zero-order chi connectivity index (χ0) is 15.9. The largest absolute Gasteiger partial charge is 0.496 e. The summed E-state index contributed by atoms with van der Waals surface area (Å²) in [5.41, 5.74) is 3.25. The van der Waals surface area contributed by atoms with E-state index in [2.05, 4.69) is 6.07 Å². The number of rotatable bonds is 6. The third-order valence-corrected chi connectivity index (χ3v) is 3.61. The van der Waals surface area contributed by atoms with Gasteiger partial charge in [-0.2, -0.15) is 5.26 Å². The molecule has 0 fully saturated rings. The summed E-state index contributed by atoms with van der Waals surface area (Å²) in [5, 5.41) is 9.46. The Kier molecular flexibility index (Phi) is 5.43. The average Bonchev–Trinajstić information content (AvgIpc) is 2.53. The maximum absolute atomic E-state index is 9.46. The molecule has 1 atom stereocenters. The van der Waals surface area contributed by atoms with E-state index in [1.54, 1.807) is 7.11 Å². The first-order chi connectivity index (χ1) is 10.6. The number of hydrogen-bond donors (Lipinski definition) is 0. The van der Waals surface area contributed by atoms with Crippen molar-refractivity contribution in [3.8, 4) is 17.6 Å². The van der Waals surface area contributed by atoms with Crippen LogP contribution in [0.5, 0.6) is 11.5 Å². The SMILES string of the molecule is COc1ccc(C)cc1C(C#N)CCOc1ccc(C)cc1. The molecule has 3 nitrogen and oxygen atoms in total. The summed E-state index contributed by atoms with van der Waals surface area (Å²) in [7, 11) is 1.63. The van der Waals surface area contributed by atoms with Crippen LogP contribution in [0.15, 0.2) is 42.5 Å². The molecule has 0 saturated carbocycles. The Hall–Kier alpha value is -2.47. The Morgan fingerprint density at radius 2 is 1.73 bits per heavy atom. The number of nitrogens with zero attached hydrogens (tertiary/aromatic N) is 1. The molecular weight excluding hydrogens is 274 g/mol. The summed E-state index contributed by atoms with van der Waals surface area (Å²) >= 11 is 0. The van der Waals surface area contributed by atoms with Crippen LogP contribution in [0.4, 0.5) is 0 Å². The third kappa shape index (κ3) is 4.02. The van der Waals surface area contributed by atoms with Crippen LogP contribution in [0.3, 0.4) is 0 Å². The van der Waals surface area contributed by atoms with Gasteiger partial charge in [-0.15, -0.1) is 0 Å². The highest BCUT2D eigenvalue weighted by Crippen LogP contribution is 2.29. The molecule has 0 bridgehead atoms. The number of hydrogen-bond acceptors (Lipinski definition) is 3. The maximum Gasteiger partial charge on any atom is 0.123 e. The first kappa shape index (κ1) is 15.9. The lowest BCUT2D eigenvalue weighted by Gasteiger charge is -2.15. The van der Waals surface area contributed by atoms with Crippen LogP contribution in [-0.2, 0) is 0 Å². The molecule has 0 N–H and O–H groups in total. The average molecular weight is 295 g/mol. The van der Waals surface area contributed by atoms with Crippen molar-refractivity contribution in [3.63, 3.8) is 0 Å². The Bertz CT molecular complexity index is 656. The Morgan fingerprint density at radius 3 is 2.36 bits per heavy atom. The Labute approximate surface area is 132 Å². The maximum atomic E-state index is 9.46. The molecule has 0 heterocycles. The van der Waals surface area contributed by atoms with E-state index in [9.17, 15) is 5.26 Å². The molecule has 0 aliphatic carbocycles. The van der Waals surface area contributed by atoms with E-state index in [1.165, 1.54) is 5.56 Å². The predicted molar refractivity (Wildman–Crippen MR) is 87.4 cm³/mol. The van der Waals surface area contributed by atoms with Gasteiger partial charge >= 0.3 is 0 Å². The van der Waals surface area contributed by atoms with Crippen molar-refractivity contribution < 1.29 is 9.47 Å². The highest BCUT2D eigenvalue weighted by molar-refractivity contribution is 5.41. The number of nitriles is 1. The summed E-state index contributed by atoms with van der Waals surface area (Å²) in [5.74, 6) is 1.35. The van der Waals surface area contributed by atoms with Crippen LogP contribution in [-0.4, -0.2) is 13.7 Å². The van der Waals surface area contributed by atoms with Gasteiger partial charge in [0.15, 0.2) is 0 Å². The molecule has 0 aliphatic rings. The fourth-order valence-corrected chi connectivity index (χ4v) is 2.34. The summed E-state index contributed by atoms with van der Waals surface area (Å²) in [6, 6.07) is 16.2. The van der Waals surface area contributed by atoms with Crippen molar-refractivity contribution in [2.75, 3.05) is 13.7 Å². The summed E-state index contributed by atoms with van der Waals surface area (Å²) in [6.07, 6.45) is 0.629. The van der Waals surface area contributed by atoms with Crippen molar-refractivity contribution in [2.45, 2.75) is 26.2 Å². The van der Waals surface area contributed by atoms with Crippen LogP contribution < -0.4 is 9.47 Å². The molecule has 0 amide bonds. The molecule has 2 aromatic carbocycles. The molecule has 114 valence electrons. The molecule has 0 saturated heterocycles. The third-order valence-electron chi connectivity index (χ3n) is 3.61. The zero-order valence-corrected chi connectivity index (χ0v) is 13.3. The van der Waals surface area contributed by atoms with E-state index in [0.29, 0.717) is 13.0 Å². The second-order valence-electron chi connectivity index (χ2n) is 5.38. The van der Waals surface area contributed by atoms with E-state index in [4.69, 9.17) is 9.47 Å². The second kappa shape index (κ2) is 7.51. The molecule has 0 aliphatic heterocycles. The van der Waals surface area contributed by atoms with E-state index in [0.717, 1.165) is 22.6 Å². The van der Waals surface area contributed by atoms with Gasteiger partial charge in [0.25, 0.3) is 0 Å². The van der Waals surface area contributed by atoms with Gasteiger partial charge in [0.2, 0.25) is 0 Å². The van der Waals surface area contributed by atoms with Gasteiger partial charge in [-0.3, -0.25) is 0 Å². The normalized spacial score (nSPS) is 11.5. The standard InChI is InChI=1S/C19H21NO2/c1-14-4-7-17(8-5-14)22-11-10-16(13-20)18-12-15(2)6-9-19(18)21-3/h4-9,12,16H,10-11H2,1-3H3. The quantitative estimate of drug-likeness (QED) is 0.793. The highest BCUT2D eigenvalue weighted by atomic mass is 16.5. The van der Waals surface area contributed by atoms with Crippen LogP contribution in [0.25, 0.3) is 0 Å².